The predicted molar refractivity (Wildman–Crippen MR) is 87.4 cm³/mol. The summed E-state index contributed by atoms with van der Waals surface area (Å²) in [5.41, 5.74) is 0. The zero-order valence-electron chi connectivity index (χ0n) is 12.4. The number of fused-ring (bicyclic) bond motifs is 1. The van der Waals surface area contributed by atoms with Crippen LogP contribution in [0.25, 0.3) is 0 Å². The lowest BCUT2D eigenvalue weighted by molar-refractivity contribution is 0.126. The molecule has 4 rings (SSSR count). The Labute approximate surface area is 135 Å². The number of halogens is 1. The van der Waals surface area contributed by atoms with Crippen molar-refractivity contribution in [3.8, 4) is 0 Å². The number of aromatic nitrogens is 2. The van der Waals surface area contributed by atoms with Gasteiger partial charge in [-0.2, -0.15) is 0 Å². The number of nitrogens with zero attached hydrogens (tertiary/aromatic N) is 4. The molecule has 2 saturated heterocycles. The van der Waals surface area contributed by atoms with Gasteiger partial charge in [0.2, 0.25) is 0 Å². The number of hydrogen-bond acceptors (Lipinski definition) is 4. The van der Waals surface area contributed by atoms with Crippen LogP contribution in [0.5, 0.6) is 0 Å². The Morgan fingerprint density at radius 3 is 2.67 bits per heavy atom. The second kappa shape index (κ2) is 5.84. The number of piperidine rings is 1. The van der Waals surface area contributed by atoms with Crippen LogP contribution < -0.4 is 4.90 Å². The zero-order chi connectivity index (χ0) is 14.2. The molecule has 2 aliphatic heterocycles. The Hall–Kier alpha value is -0.680. The van der Waals surface area contributed by atoms with Gasteiger partial charge in [-0.3, -0.25) is 9.88 Å². The zero-order valence-corrected chi connectivity index (χ0v) is 14.0. The molecule has 3 fully saturated rings. The molecule has 0 N–H and O–H groups in total. The van der Waals surface area contributed by atoms with Crippen molar-refractivity contribution in [1.29, 1.82) is 0 Å². The lowest BCUT2D eigenvalue weighted by atomic mass is 9.91. The van der Waals surface area contributed by atoms with E-state index in [1.807, 2.05) is 6.20 Å². The molecule has 0 radical (unpaired) electrons. The van der Waals surface area contributed by atoms with Gasteiger partial charge in [-0.05, 0) is 54.1 Å². The maximum Gasteiger partial charge on any atom is 0.148 e. The summed E-state index contributed by atoms with van der Waals surface area (Å²) >= 11 is 3.45. The smallest absolute Gasteiger partial charge is 0.148 e. The van der Waals surface area contributed by atoms with Crippen molar-refractivity contribution in [2.45, 2.75) is 50.6 Å². The van der Waals surface area contributed by atoms with Gasteiger partial charge in [-0.1, -0.05) is 12.8 Å². The van der Waals surface area contributed by atoms with Crippen LogP contribution in [0, 0.1) is 5.92 Å². The van der Waals surface area contributed by atoms with E-state index in [0.29, 0.717) is 6.04 Å². The minimum atomic E-state index is 0.642. The van der Waals surface area contributed by atoms with Gasteiger partial charge in [-0.25, -0.2) is 4.98 Å². The topological polar surface area (TPSA) is 32.3 Å². The van der Waals surface area contributed by atoms with E-state index >= 15 is 0 Å². The highest BCUT2D eigenvalue weighted by atomic mass is 79.9. The van der Waals surface area contributed by atoms with E-state index < -0.39 is 0 Å². The summed E-state index contributed by atoms with van der Waals surface area (Å²) in [5, 5.41) is 0. The first kappa shape index (κ1) is 13.9. The van der Waals surface area contributed by atoms with Gasteiger partial charge < -0.3 is 4.90 Å². The van der Waals surface area contributed by atoms with Crippen LogP contribution in [0.15, 0.2) is 17.0 Å². The average Bonchev–Trinajstić information content (AvgIpc) is 3.16. The van der Waals surface area contributed by atoms with Crippen LogP contribution in [-0.4, -0.2) is 46.6 Å². The van der Waals surface area contributed by atoms with E-state index in [1.165, 1.54) is 51.6 Å². The van der Waals surface area contributed by atoms with Crippen LogP contribution in [-0.2, 0) is 0 Å². The second-order valence-electron chi connectivity index (χ2n) is 6.73. The molecule has 21 heavy (non-hydrogen) atoms. The first-order valence-corrected chi connectivity index (χ1v) is 9.09. The fraction of sp³-hybridized carbons (Fsp3) is 0.750. The predicted octanol–water partition coefficient (Wildman–Crippen LogP) is 3.08. The van der Waals surface area contributed by atoms with E-state index in [-0.39, 0.29) is 0 Å². The van der Waals surface area contributed by atoms with Crippen molar-refractivity contribution >= 4 is 21.7 Å². The summed E-state index contributed by atoms with van der Waals surface area (Å²) in [6, 6.07) is 1.49. The number of likely N-dealkylation sites (tertiary alicyclic amines) is 1. The molecule has 3 heterocycles. The third kappa shape index (κ3) is 2.70. The standard InChI is InChI=1S/C16H23BrN4/c17-15-9-18-10-16(19-15)21-8-6-12-5-7-20(11-14(12)21)13-3-1-2-4-13/h9-10,12-14H,1-8,11H2. The van der Waals surface area contributed by atoms with E-state index in [0.717, 1.165) is 28.9 Å². The Bertz CT molecular complexity index is 503. The van der Waals surface area contributed by atoms with E-state index in [1.54, 1.807) is 6.20 Å². The van der Waals surface area contributed by atoms with Gasteiger partial charge in [0.15, 0.2) is 0 Å². The number of rotatable bonds is 2. The highest BCUT2D eigenvalue weighted by Gasteiger charge is 2.40. The molecule has 0 amide bonds. The van der Waals surface area contributed by atoms with Gasteiger partial charge in [0.25, 0.3) is 0 Å². The van der Waals surface area contributed by atoms with Gasteiger partial charge in [0, 0.05) is 25.2 Å². The van der Waals surface area contributed by atoms with Crippen molar-refractivity contribution < 1.29 is 0 Å². The average molecular weight is 351 g/mol. The first-order valence-electron chi connectivity index (χ1n) is 8.29. The summed E-state index contributed by atoms with van der Waals surface area (Å²) in [6.45, 7) is 3.67. The van der Waals surface area contributed by atoms with Crippen LogP contribution >= 0.6 is 15.9 Å². The highest BCUT2D eigenvalue weighted by molar-refractivity contribution is 9.10. The van der Waals surface area contributed by atoms with Gasteiger partial charge in [-0.15, -0.1) is 0 Å². The Kier molecular flexibility index (Phi) is 3.88. The first-order chi connectivity index (χ1) is 10.3. The molecular formula is C16H23BrN4. The number of anilines is 1. The molecular weight excluding hydrogens is 328 g/mol. The molecule has 0 bridgehead atoms. The molecule has 1 aromatic rings. The minimum Gasteiger partial charge on any atom is -0.351 e. The molecule has 1 aliphatic carbocycles. The molecule has 1 saturated carbocycles. The van der Waals surface area contributed by atoms with Crippen molar-refractivity contribution in [3.05, 3.63) is 17.0 Å². The van der Waals surface area contributed by atoms with Crippen molar-refractivity contribution in [2.75, 3.05) is 24.5 Å². The molecule has 4 nitrogen and oxygen atoms in total. The van der Waals surface area contributed by atoms with Crippen LogP contribution in [0.1, 0.15) is 38.5 Å². The summed E-state index contributed by atoms with van der Waals surface area (Å²) in [7, 11) is 0. The third-order valence-corrected chi connectivity index (χ3v) is 6.00. The Morgan fingerprint density at radius 1 is 1.05 bits per heavy atom. The fourth-order valence-corrected chi connectivity index (χ4v) is 4.82. The quantitative estimate of drug-likeness (QED) is 0.820. The van der Waals surface area contributed by atoms with Gasteiger partial charge in [0.1, 0.15) is 10.4 Å². The molecule has 2 unspecified atom stereocenters. The summed E-state index contributed by atoms with van der Waals surface area (Å²) in [5.74, 6) is 1.90. The third-order valence-electron chi connectivity index (χ3n) is 5.62. The monoisotopic (exact) mass is 350 g/mol. The van der Waals surface area contributed by atoms with E-state index in [2.05, 4.69) is 35.7 Å². The van der Waals surface area contributed by atoms with Crippen LogP contribution in [0.3, 0.4) is 0 Å². The normalized spacial score (nSPS) is 30.8. The Balaban J connectivity index is 1.52. The molecule has 0 aromatic carbocycles. The maximum atomic E-state index is 4.63. The van der Waals surface area contributed by atoms with Crippen LogP contribution in [0.4, 0.5) is 5.82 Å². The SMILES string of the molecule is Brc1cncc(N2CCC3CCN(C4CCCC4)CC32)n1. The summed E-state index contributed by atoms with van der Waals surface area (Å²) < 4.78 is 0.840. The van der Waals surface area contributed by atoms with Crippen molar-refractivity contribution in [3.63, 3.8) is 0 Å². The minimum absolute atomic E-state index is 0.642. The lowest BCUT2D eigenvalue weighted by Crippen LogP contribution is -2.51. The molecule has 114 valence electrons. The highest BCUT2D eigenvalue weighted by Crippen LogP contribution is 2.36. The van der Waals surface area contributed by atoms with E-state index in [9.17, 15) is 0 Å². The molecule has 3 aliphatic rings. The van der Waals surface area contributed by atoms with Crippen molar-refractivity contribution in [2.24, 2.45) is 5.92 Å². The summed E-state index contributed by atoms with van der Waals surface area (Å²) in [6.07, 6.45) is 12.0. The van der Waals surface area contributed by atoms with E-state index in [4.69, 9.17) is 0 Å². The number of hydrogen-bond donors (Lipinski definition) is 0. The Morgan fingerprint density at radius 2 is 1.86 bits per heavy atom. The van der Waals surface area contributed by atoms with Gasteiger partial charge >= 0.3 is 0 Å². The fourth-order valence-electron chi connectivity index (χ4n) is 4.52. The largest absolute Gasteiger partial charge is 0.351 e. The van der Waals surface area contributed by atoms with Gasteiger partial charge in [0.05, 0.1) is 12.4 Å². The van der Waals surface area contributed by atoms with Crippen molar-refractivity contribution in [1.82, 2.24) is 14.9 Å². The summed E-state index contributed by atoms with van der Waals surface area (Å²) in [4.78, 5) is 14.2. The second-order valence-corrected chi connectivity index (χ2v) is 7.54. The lowest BCUT2D eigenvalue weighted by Gasteiger charge is -2.41. The maximum absolute atomic E-state index is 4.63. The molecule has 1 aromatic heterocycles. The van der Waals surface area contributed by atoms with Crippen LogP contribution in [0.2, 0.25) is 0 Å². The molecule has 0 spiro atoms. The molecule has 5 heteroatoms. The molecule has 2 atom stereocenters.